The third-order valence-electron chi connectivity index (χ3n) is 2.05. The molecule has 0 radical (unpaired) electrons. The van der Waals surface area contributed by atoms with Gasteiger partial charge in [-0.25, -0.2) is 8.78 Å². The molecule has 0 aromatic heterocycles. The molecule has 0 saturated heterocycles. The van der Waals surface area contributed by atoms with Crippen molar-refractivity contribution >= 4 is 5.97 Å². The average Bonchev–Trinajstić information content (AvgIpc) is 2.16. The Bertz CT molecular complexity index is 386. The maximum absolute atomic E-state index is 13.2. The number of carbonyl (C=O) groups is 1. The van der Waals surface area contributed by atoms with Gasteiger partial charge in [-0.2, -0.15) is 0 Å². The molecule has 0 aliphatic carbocycles. The second-order valence-electron chi connectivity index (χ2n) is 3.22. The summed E-state index contributed by atoms with van der Waals surface area (Å²) in [5.74, 6) is -3.45. The summed E-state index contributed by atoms with van der Waals surface area (Å²) in [5, 5.41) is 8.49. The predicted octanol–water partition coefficient (Wildman–Crippen LogP) is 1.45. The minimum absolute atomic E-state index is 0.0817. The number of carboxylic acid groups (broad SMARTS) is 1. The average molecular weight is 231 g/mol. The van der Waals surface area contributed by atoms with Gasteiger partial charge in [0.05, 0.1) is 13.5 Å². The zero-order chi connectivity index (χ0) is 12.3. The number of methoxy groups -OCH3 is 1. The van der Waals surface area contributed by atoms with Crippen molar-refractivity contribution in [2.45, 2.75) is 12.5 Å². The van der Waals surface area contributed by atoms with Gasteiger partial charge in [0.2, 0.25) is 0 Å². The van der Waals surface area contributed by atoms with Gasteiger partial charge in [0.1, 0.15) is 0 Å². The van der Waals surface area contributed by atoms with Crippen LogP contribution in [0.2, 0.25) is 0 Å². The van der Waals surface area contributed by atoms with E-state index in [1.807, 2.05) is 0 Å². The van der Waals surface area contributed by atoms with E-state index in [1.54, 1.807) is 0 Å². The molecule has 1 unspecified atom stereocenters. The zero-order valence-corrected chi connectivity index (χ0v) is 8.54. The Labute approximate surface area is 90.6 Å². The quantitative estimate of drug-likeness (QED) is 0.822. The van der Waals surface area contributed by atoms with Gasteiger partial charge in [0.15, 0.2) is 17.4 Å². The molecule has 1 rings (SSSR count). The van der Waals surface area contributed by atoms with E-state index in [0.29, 0.717) is 0 Å². The minimum atomic E-state index is -1.14. The molecule has 0 spiro atoms. The fourth-order valence-electron chi connectivity index (χ4n) is 1.29. The molecule has 1 aromatic rings. The lowest BCUT2D eigenvalue weighted by atomic mass is 10.0. The van der Waals surface area contributed by atoms with Crippen LogP contribution in [0.15, 0.2) is 12.1 Å². The minimum Gasteiger partial charge on any atom is -0.491 e. The number of rotatable bonds is 4. The molecule has 6 heteroatoms. The zero-order valence-electron chi connectivity index (χ0n) is 8.54. The molecule has 88 valence electrons. The maximum Gasteiger partial charge on any atom is 0.305 e. The molecule has 0 aliphatic rings. The maximum atomic E-state index is 13.2. The second-order valence-corrected chi connectivity index (χ2v) is 3.22. The highest BCUT2D eigenvalue weighted by molar-refractivity contribution is 5.67. The third kappa shape index (κ3) is 2.66. The fourth-order valence-corrected chi connectivity index (χ4v) is 1.29. The third-order valence-corrected chi connectivity index (χ3v) is 2.05. The summed E-state index contributed by atoms with van der Waals surface area (Å²) in [7, 11) is 1.14. The van der Waals surface area contributed by atoms with Gasteiger partial charge in [-0.05, 0) is 17.7 Å². The predicted molar refractivity (Wildman–Crippen MR) is 52.1 cm³/mol. The number of hydrogen-bond donors (Lipinski definition) is 2. The molecule has 0 aliphatic heterocycles. The normalized spacial score (nSPS) is 12.2. The molecule has 0 saturated carbocycles. The smallest absolute Gasteiger partial charge is 0.305 e. The Kier molecular flexibility index (Phi) is 3.78. The fraction of sp³-hybridized carbons (Fsp3) is 0.300. The monoisotopic (exact) mass is 231 g/mol. The molecule has 1 aromatic carbocycles. The number of aliphatic carboxylic acids is 1. The van der Waals surface area contributed by atoms with Gasteiger partial charge in [-0.1, -0.05) is 0 Å². The first kappa shape index (κ1) is 12.4. The van der Waals surface area contributed by atoms with Crippen LogP contribution in [0.3, 0.4) is 0 Å². The molecule has 1 atom stereocenters. The molecule has 4 nitrogen and oxygen atoms in total. The first-order valence-corrected chi connectivity index (χ1v) is 4.46. The van der Waals surface area contributed by atoms with Crippen LogP contribution in [0.4, 0.5) is 8.78 Å². The van der Waals surface area contributed by atoms with E-state index in [9.17, 15) is 13.6 Å². The van der Waals surface area contributed by atoms with E-state index in [1.165, 1.54) is 0 Å². The Morgan fingerprint density at radius 1 is 1.50 bits per heavy atom. The molecule has 0 fully saturated rings. The van der Waals surface area contributed by atoms with E-state index in [-0.39, 0.29) is 5.56 Å². The number of benzene rings is 1. The second kappa shape index (κ2) is 4.89. The van der Waals surface area contributed by atoms with E-state index in [2.05, 4.69) is 4.74 Å². The number of carboxylic acids is 1. The van der Waals surface area contributed by atoms with Crippen LogP contribution in [-0.2, 0) is 4.79 Å². The van der Waals surface area contributed by atoms with Crippen molar-refractivity contribution in [1.29, 1.82) is 0 Å². The summed E-state index contributed by atoms with van der Waals surface area (Å²) in [6.07, 6.45) is -0.398. The van der Waals surface area contributed by atoms with Crippen molar-refractivity contribution < 1.29 is 23.4 Å². The number of nitrogens with two attached hydrogens (primary N) is 1. The number of halogens is 2. The molecule has 0 heterocycles. The summed E-state index contributed by atoms with van der Waals surface area (Å²) in [4.78, 5) is 10.4. The van der Waals surface area contributed by atoms with Gasteiger partial charge < -0.3 is 15.6 Å². The first-order chi connectivity index (χ1) is 7.45. The molecule has 3 N–H and O–H groups in total. The molecule has 0 bridgehead atoms. The van der Waals surface area contributed by atoms with Gasteiger partial charge in [-0.3, -0.25) is 4.79 Å². The van der Waals surface area contributed by atoms with E-state index in [0.717, 1.165) is 19.2 Å². The SMILES string of the molecule is COc1c(F)cc(C(N)CC(=O)O)cc1F. The van der Waals surface area contributed by atoms with Crippen LogP contribution < -0.4 is 10.5 Å². The van der Waals surface area contributed by atoms with Crippen LogP contribution in [0.5, 0.6) is 5.75 Å². The lowest BCUT2D eigenvalue weighted by Crippen LogP contribution is -2.15. The van der Waals surface area contributed by atoms with Crippen LogP contribution in [0.1, 0.15) is 18.0 Å². The standard InChI is InChI=1S/C10H11F2NO3/c1-16-10-6(11)2-5(3-7(10)12)8(13)4-9(14)15/h2-3,8H,4,13H2,1H3,(H,14,15). The van der Waals surface area contributed by atoms with Crippen LogP contribution in [0.25, 0.3) is 0 Å². The van der Waals surface area contributed by atoms with Gasteiger partial charge in [0, 0.05) is 6.04 Å². The Balaban J connectivity index is 3.03. The summed E-state index contributed by atoms with van der Waals surface area (Å²) < 4.78 is 31.0. The topological polar surface area (TPSA) is 72.5 Å². The summed E-state index contributed by atoms with van der Waals surface area (Å²) >= 11 is 0. The highest BCUT2D eigenvalue weighted by atomic mass is 19.1. The lowest BCUT2D eigenvalue weighted by Gasteiger charge is -2.11. The van der Waals surface area contributed by atoms with Crippen LogP contribution >= 0.6 is 0 Å². The van der Waals surface area contributed by atoms with Crippen molar-refractivity contribution in [3.8, 4) is 5.75 Å². The Hall–Kier alpha value is -1.69. The molecular weight excluding hydrogens is 220 g/mol. The van der Waals surface area contributed by atoms with E-state index < -0.39 is 35.8 Å². The van der Waals surface area contributed by atoms with E-state index >= 15 is 0 Å². The lowest BCUT2D eigenvalue weighted by molar-refractivity contribution is -0.137. The first-order valence-electron chi connectivity index (χ1n) is 4.46. The van der Waals surface area contributed by atoms with Gasteiger partial charge in [-0.15, -0.1) is 0 Å². The molecule has 0 amide bonds. The molecular formula is C10H11F2NO3. The summed E-state index contributed by atoms with van der Waals surface area (Å²) in [6.45, 7) is 0. The Morgan fingerprint density at radius 3 is 2.38 bits per heavy atom. The van der Waals surface area contributed by atoms with Gasteiger partial charge >= 0.3 is 5.97 Å². The largest absolute Gasteiger partial charge is 0.491 e. The van der Waals surface area contributed by atoms with Crippen LogP contribution in [0, 0.1) is 11.6 Å². The van der Waals surface area contributed by atoms with Crippen molar-refractivity contribution in [2.75, 3.05) is 7.11 Å². The summed E-state index contributed by atoms with van der Waals surface area (Å²) in [5.41, 5.74) is 5.55. The van der Waals surface area contributed by atoms with Gasteiger partial charge in [0.25, 0.3) is 0 Å². The van der Waals surface area contributed by atoms with E-state index in [4.69, 9.17) is 10.8 Å². The highest BCUT2D eigenvalue weighted by Gasteiger charge is 2.17. The highest BCUT2D eigenvalue weighted by Crippen LogP contribution is 2.26. The van der Waals surface area contributed by atoms with Crippen molar-refractivity contribution in [2.24, 2.45) is 5.73 Å². The van der Waals surface area contributed by atoms with Crippen molar-refractivity contribution in [3.05, 3.63) is 29.3 Å². The number of ether oxygens (including phenoxy) is 1. The van der Waals surface area contributed by atoms with Crippen LogP contribution in [-0.4, -0.2) is 18.2 Å². The summed E-state index contributed by atoms with van der Waals surface area (Å²) in [6, 6.07) is 0.984. The molecule has 16 heavy (non-hydrogen) atoms. The van der Waals surface area contributed by atoms with Crippen molar-refractivity contribution in [3.63, 3.8) is 0 Å². The number of hydrogen-bond acceptors (Lipinski definition) is 3. The Morgan fingerprint density at radius 2 is 2.00 bits per heavy atom. The van der Waals surface area contributed by atoms with Crippen molar-refractivity contribution in [1.82, 2.24) is 0 Å².